The zero-order valence-electron chi connectivity index (χ0n) is 16.1. The first-order chi connectivity index (χ1) is 13.0. The molecule has 3 atom stereocenters. The van der Waals surface area contributed by atoms with Crippen molar-refractivity contribution >= 4 is 23.4 Å². The summed E-state index contributed by atoms with van der Waals surface area (Å²) in [6.07, 6.45) is 8.33. The van der Waals surface area contributed by atoms with E-state index in [1.165, 1.54) is 6.42 Å². The minimum atomic E-state index is 0.0524. The number of nitrogens with zero attached hydrogens (tertiary/aromatic N) is 2. The highest BCUT2D eigenvalue weighted by atomic mass is 35.5. The molecule has 0 bridgehead atoms. The number of H-pyrrole nitrogens is 1. The number of rotatable bonds is 3. The molecule has 3 heterocycles. The molecule has 2 saturated heterocycles. The van der Waals surface area contributed by atoms with Gasteiger partial charge in [0.1, 0.15) is 5.69 Å². The Morgan fingerprint density at radius 1 is 1.04 bits per heavy atom. The van der Waals surface area contributed by atoms with Crippen molar-refractivity contribution in [1.29, 1.82) is 0 Å². The molecular weight excluding hydrogens is 362 g/mol. The van der Waals surface area contributed by atoms with E-state index in [9.17, 15) is 9.59 Å². The Bertz CT molecular complexity index is 695. The van der Waals surface area contributed by atoms with Gasteiger partial charge in [0.05, 0.1) is 5.02 Å². The van der Waals surface area contributed by atoms with Crippen molar-refractivity contribution in [2.24, 2.45) is 23.7 Å². The van der Waals surface area contributed by atoms with Gasteiger partial charge in [-0.15, -0.1) is 0 Å². The SMILES string of the molecule is C[C@@H]1C[C@H]1C(=O)N1CCCC(C2CCN(C(=O)c3cc(Cl)c[nH]3)CC2)CC1. The maximum Gasteiger partial charge on any atom is 0.270 e. The normalized spacial score (nSPS) is 29.5. The number of carbonyl (C=O) groups excluding carboxylic acids is 2. The quantitative estimate of drug-likeness (QED) is 0.851. The van der Waals surface area contributed by atoms with Crippen molar-refractivity contribution in [3.8, 4) is 0 Å². The predicted molar refractivity (Wildman–Crippen MR) is 106 cm³/mol. The van der Waals surface area contributed by atoms with Crippen LogP contribution in [0, 0.1) is 23.7 Å². The lowest BCUT2D eigenvalue weighted by Crippen LogP contribution is -2.40. The van der Waals surface area contributed by atoms with Gasteiger partial charge in [0, 0.05) is 38.3 Å². The largest absolute Gasteiger partial charge is 0.356 e. The molecule has 0 radical (unpaired) electrons. The monoisotopic (exact) mass is 391 g/mol. The van der Waals surface area contributed by atoms with E-state index in [-0.39, 0.29) is 5.91 Å². The molecule has 1 aromatic heterocycles. The summed E-state index contributed by atoms with van der Waals surface area (Å²) in [6, 6.07) is 1.70. The average Bonchev–Trinajstić information content (AvgIpc) is 3.34. The molecule has 1 aromatic rings. The van der Waals surface area contributed by atoms with Crippen LogP contribution in [0.4, 0.5) is 0 Å². The van der Waals surface area contributed by atoms with E-state index >= 15 is 0 Å². The second-order valence-corrected chi connectivity index (χ2v) is 9.13. The smallest absolute Gasteiger partial charge is 0.270 e. The van der Waals surface area contributed by atoms with Gasteiger partial charge in [0.25, 0.3) is 5.91 Å². The maximum atomic E-state index is 12.6. The first-order valence-electron chi connectivity index (χ1n) is 10.4. The molecule has 4 rings (SSSR count). The fourth-order valence-electron chi connectivity index (χ4n) is 4.95. The number of carbonyl (C=O) groups is 2. The Labute approximate surface area is 166 Å². The van der Waals surface area contributed by atoms with Gasteiger partial charge in [-0.05, 0) is 62.3 Å². The van der Waals surface area contributed by atoms with Gasteiger partial charge in [-0.25, -0.2) is 0 Å². The van der Waals surface area contributed by atoms with Gasteiger partial charge < -0.3 is 14.8 Å². The highest BCUT2D eigenvalue weighted by Gasteiger charge is 2.42. The van der Waals surface area contributed by atoms with Gasteiger partial charge in [0.2, 0.25) is 5.91 Å². The van der Waals surface area contributed by atoms with Crippen LogP contribution in [0.2, 0.25) is 5.02 Å². The Morgan fingerprint density at radius 2 is 1.67 bits per heavy atom. The molecule has 6 heteroatoms. The molecule has 27 heavy (non-hydrogen) atoms. The lowest BCUT2D eigenvalue weighted by atomic mass is 9.80. The second kappa shape index (κ2) is 7.86. The van der Waals surface area contributed by atoms with Crippen LogP contribution in [-0.2, 0) is 4.79 Å². The summed E-state index contributed by atoms with van der Waals surface area (Å²) in [5.41, 5.74) is 0.580. The summed E-state index contributed by atoms with van der Waals surface area (Å²) in [7, 11) is 0. The van der Waals surface area contributed by atoms with Gasteiger partial charge in [-0.2, -0.15) is 0 Å². The summed E-state index contributed by atoms with van der Waals surface area (Å²) in [5, 5.41) is 0.575. The fourth-order valence-corrected chi connectivity index (χ4v) is 5.11. The molecule has 0 spiro atoms. The number of amides is 2. The summed E-state index contributed by atoms with van der Waals surface area (Å²) >= 11 is 5.92. The Hall–Kier alpha value is -1.49. The molecule has 1 unspecified atom stereocenters. The van der Waals surface area contributed by atoms with Crippen molar-refractivity contribution in [1.82, 2.24) is 14.8 Å². The lowest BCUT2D eigenvalue weighted by Gasteiger charge is -2.35. The Kier molecular flexibility index (Phi) is 5.49. The lowest BCUT2D eigenvalue weighted by molar-refractivity contribution is -0.132. The molecule has 1 N–H and O–H groups in total. The van der Waals surface area contributed by atoms with Crippen LogP contribution < -0.4 is 0 Å². The van der Waals surface area contributed by atoms with E-state index in [0.29, 0.717) is 40.3 Å². The summed E-state index contributed by atoms with van der Waals surface area (Å²) < 4.78 is 0. The third-order valence-electron chi connectivity index (χ3n) is 6.88. The number of likely N-dealkylation sites (tertiary alicyclic amines) is 2. The first-order valence-corrected chi connectivity index (χ1v) is 10.8. The van der Waals surface area contributed by atoms with Crippen LogP contribution in [-0.4, -0.2) is 52.8 Å². The van der Waals surface area contributed by atoms with Gasteiger partial charge in [0.15, 0.2) is 0 Å². The van der Waals surface area contributed by atoms with E-state index in [4.69, 9.17) is 11.6 Å². The average molecular weight is 392 g/mol. The van der Waals surface area contributed by atoms with E-state index in [0.717, 1.165) is 58.3 Å². The van der Waals surface area contributed by atoms with Crippen LogP contribution in [0.15, 0.2) is 12.3 Å². The zero-order valence-corrected chi connectivity index (χ0v) is 16.9. The number of halogens is 1. The van der Waals surface area contributed by atoms with Crippen LogP contribution in [0.5, 0.6) is 0 Å². The van der Waals surface area contributed by atoms with Crippen molar-refractivity contribution < 1.29 is 9.59 Å². The fraction of sp³-hybridized carbons (Fsp3) is 0.714. The number of aromatic amines is 1. The standard InChI is InChI=1S/C21H30ClN3O2/c1-14-11-18(14)20(26)24-7-2-3-15(4-8-24)16-5-9-25(10-6-16)21(27)19-12-17(22)13-23-19/h12-16,18,23H,2-11H2,1H3/t14-,15?,18-/m1/s1. The number of aromatic nitrogens is 1. The van der Waals surface area contributed by atoms with Crippen molar-refractivity contribution in [3.05, 3.63) is 23.0 Å². The molecule has 1 aliphatic carbocycles. The van der Waals surface area contributed by atoms with E-state index in [1.807, 2.05) is 4.90 Å². The number of nitrogens with one attached hydrogen (secondary N) is 1. The topological polar surface area (TPSA) is 56.4 Å². The predicted octanol–water partition coefficient (Wildman–Crippen LogP) is 3.81. The highest BCUT2D eigenvalue weighted by Crippen LogP contribution is 2.40. The third-order valence-corrected chi connectivity index (χ3v) is 7.10. The van der Waals surface area contributed by atoms with Crippen molar-refractivity contribution in [3.63, 3.8) is 0 Å². The third kappa shape index (κ3) is 4.18. The molecule has 148 valence electrons. The van der Waals surface area contributed by atoms with E-state index < -0.39 is 0 Å². The molecule has 0 aromatic carbocycles. The van der Waals surface area contributed by atoms with Crippen LogP contribution >= 0.6 is 11.6 Å². The van der Waals surface area contributed by atoms with Crippen LogP contribution in [0.3, 0.4) is 0 Å². The minimum Gasteiger partial charge on any atom is -0.356 e. The second-order valence-electron chi connectivity index (χ2n) is 8.70. The Morgan fingerprint density at radius 3 is 2.26 bits per heavy atom. The molecular formula is C21H30ClN3O2. The number of hydrogen-bond donors (Lipinski definition) is 1. The van der Waals surface area contributed by atoms with E-state index in [1.54, 1.807) is 12.3 Å². The summed E-state index contributed by atoms with van der Waals surface area (Å²) in [4.78, 5) is 32.1. The number of piperidine rings is 1. The highest BCUT2D eigenvalue weighted by molar-refractivity contribution is 6.30. The van der Waals surface area contributed by atoms with Crippen LogP contribution in [0.25, 0.3) is 0 Å². The minimum absolute atomic E-state index is 0.0524. The van der Waals surface area contributed by atoms with Crippen molar-refractivity contribution in [2.75, 3.05) is 26.2 Å². The van der Waals surface area contributed by atoms with Gasteiger partial charge >= 0.3 is 0 Å². The molecule has 5 nitrogen and oxygen atoms in total. The summed E-state index contributed by atoms with van der Waals surface area (Å²) in [6.45, 7) is 5.67. The molecule has 3 fully saturated rings. The molecule has 2 aliphatic heterocycles. The molecule has 2 amide bonds. The van der Waals surface area contributed by atoms with Crippen LogP contribution in [0.1, 0.15) is 55.9 Å². The maximum absolute atomic E-state index is 12.6. The Balaban J connectivity index is 1.27. The zero-order chi connectivity index (χ0) is 19.0. The molecule has 1 saturated carbocycles. The summed E-state index contributed by atoms with van der Waals surface area (Å²) in [5.74, 6) is 2.71. The number of hydrogen-bond acceptors (Lipinski definition) is 2. The van der Waals surface area contributed by atoms with E-state index in [2.05, 4.69) is 16.8 Å². The van der Waals surface area contributed by atoms with Gasteiger partial charge in [-0.3, -0.25) is 9.59 Å². The van der Waals surface area contributed by atoms with Crippen molar-refractivity contribution in [2.45, 2.75) is 45.4 Å². The molecule has 3 aliphatic rings. The van der Waals surface area contributed by atoms with Gasteiger partial charge in [-0.1, -0.05) is 18.5 Å². The first kappa shape index (κ1) is 18.9.